The molecule has 2 aromatic heterocycles. The van der Waals surface area contributed by atoms with Gasteiger partial charge in [-0.1, -0.05) is 74.0 Å². The number of aromatic nitrogens is 1. The second kappa shape index (κ2) is 6.89. The summed E-state index contributed by atoms with van der Waals surface area (Å²) >= 11 is 0. The predicted molar refractivity (Wildman–Crippen MR) is 121 cm³/mol. The van der Waals surface area contributed by atoms with E-state index in [1.54, 1.807) is 12.1 Å². The molecule has 2 heterocycles. The molecule has 0 bridgehead atoms. The first-order valence-corrected chi connectivity index (χ1v) is 9.84. The second-order valence-corrected chi connectivity index (χ2v) is 7.67. The highest BCUT2D eigenvalue weighted by molar-refractivity contribution is 6.12. The highest BCUT2D eigenvalue weighted by Crippen LogP contribution is 2.39. The van der Waals surface area contributed by atoms with Crippen LogP contribution in [0, 0.1) is 6.85 Å². The van der Waals surface area contributed by atoms with Gasteiger partial charge in [-0.3, -0.25) is 4.98 Å². The van der Waals surface area contributed by atoms with Gasteiger partial charge in [-0.15, -0.1) is 0 Å². The Balaban J connectivity index is 1.70. The van der Waals surface area contributed by atoms with Gasteiger partial charge in [0.05, 0.1) is 5.69 Å². The molecule has 0 aliphatic heterocycles. The average Bonchev–Trinajstić information content (AvgIpc) is 3.17. The Morgan fingerprint density at radius 1 is 0.828 bits per heavy atom. The molecule has 5 rings (SSSR count). The van der Waals surface area contributed by atoms with E-state index < -0.39 is 6.85 Å². The first kappa shape index (κ1) is 14.6. The Bertz CT molecular complexity index is 1430. The van der Waals surface area contributed by atoms with Crippen LogP contribution in [0.3, 0.4) is 0 Å². The van der Waals surface area contributed by atoms with Crippen LogP contribution in [0.15, 0.2) is 83.4 Å². The second-order valence-electron chi connectivity index (χ2n) is 7.67. The Hall–Kier alpha value is -3.39. The van der Waals surface area contributed by atoms with Crippen molar-refractivity contribution in [3.8, 4) is 22.4 Å². The summed E-state index contributed by atoms with van der Waals surface area (Å²) in [5.41, 5.74) is 6.87. The van der Waals surface area contributed by atoms with Crippen molar-refractivity contribution < 1.29 is 8.53 Å². The molecule has 0 aliphatic rings. The monoisotopic (exact) mass is 380 g/mol. The van der Waals surface area contributed by atoms with Crippen LogP contribution < -0.4 is 0 Å². The molecule has 142 valence electrons. The van der Waals surface area contributed by atoms with E-state index in [0.29, 0.717) is 11.5 Å². The van der Waals surface area contributed by atoms with Crippen molar-refractivity contribution in [1.29, 1.82) is 0 Å². The van der Waals surface area contributed by atoms with Gasteiger partial charge in [-0.05, 0) is 42.1 Å². The minimum absolute atomic E-state index is 0.330. The molecular formula is C27H23NO. The number of fused-ring (bicyclic) bond motifs is 3. The lowest BCUT2D eigenvalue weighted by molar-refractivity contribution is 0.671. The summed E-state index contributed by atoms with van der Waals surface area (Å²) < 4.78 is 29.3. The van der Waals surface area contributed by atoms with Gasteiger partial charge in [0.25, 0.3) is 0 Å². The Labute approximate surface area is 175 Å². The van der Waals surface area contributed by atoms with Crippen LogP contribution in [0.25, 0.3) is 44.3 Å². The summed E-state index contributed by atoms with van der Waals surface area (Å²) in [5, 5.41) is 2.06. The zero-order valence-corrected chi connectivity index (χ0v) is 16.4. The molecular weight excluding hydrogens is 354 g/mol. The van der Waals surface area contributed by atoms with Gasteiger partial charge >= 0.3 is 0 Å². The highest BCUT2D eigenvalue weighted by Gasteiger charge is 2.16. The van der Waals surface area contributed by atoms with Crippen molar-refractivity contribution in [2.75, 3.05) is 0 Å². The predicted octanol–water partition coefficient (Wildman–Crippen LogP) is 7.75. The van der Waals surface area contributed by atoms with Crippen LogP contribution in [0.2, 0.25) is 0 Å². The topological polar surface area (TPSA) is 26.0 Å². The molecule has 5 aromatic rings. The third kappa shape index (κ3) is 3.01. The molecule has 0 saturated heterocycles. The van der Waals surface area contributed by atoms with E-state index in [4.69, 9.17) is 8.53 Å². The van der Waals surface area contributed by atoms with E-state index in [0.717, 1.165) is 44.3 Å². The minimum Gasteiger partial charge on any atom is -0.455 e. The summed E-state index contributed by atoms with van der Waals surface area (Å²) in [6.45, 7) is 2.23. The molecule has 0 aliphatic carbocycles. The van der Waals surface area contributed by atoms with Gasteiger partial charge < -0.3 is 4.42 Å². The van der Waals surface area contributed by atoms with Gasteiger partial charge in [0.15, 0.2) is 0 Å². The van der Waals surface area contributed by atoms with Crippen LogP contribution in [0.1, 0.15) is 35.0 Å². The average molecular weight is 381 g/mol. The molecule has 3 aromatic carbocycles. The van der Waals surface area contributed by atoms with Gasteiger partial charge in [0.1, 0.15) is 11.2 Å². The standard InChI is InChI=1S/C27H23NO/c1-17(2)20-14-15-28-25(16-20)24-9-5-8-23-22-7-4-6-21(26(22)29-27(23)24)19-12-10-18(3)11-13-19/h4-17H,1-3H3/i3D3. The van der Waals surface area contributed by atoms with E-state index in [2.05, 4.69) is 37.0 Å². The van der Waals surface area contributed by atoms with Gasteiger partial charge in [0, 0.05) is 32.2 Å². The molecule has 0 radical (unpaired) electrons. The van der Waals surface area contributed by atoms with E-state index in [-0.39, 0.29) is 0 Å². The number of hydrogen-bond donors (Lipinski definition) is 0. The van der Waals surface area contributed by atoms with Gasteiger partial charge in [-0.25, -0.2) is 0 Å². The first-order valence-electron chi connectivity index (χ1n) is 11.3. The summed E-state index contributed by atoms with van der Waals surface area (Å²) in [6, 6.07) is 23.4. The Morgan fingerprint density at radius 3 is 2.21 bits per heavy atom. The fraction of sp³-hybridized carbons (Fsp3) is 0.148. The SMILES string of the molecule is [2H]C([2H])([2H])c1ccc(-c2cccc3c2oc2c(-c4cc(C(C)C)ccn4)cccc23)cc1. The van der Waals surface area contributed by atoms with E-state index in [1.807, 2.05) is 48.7 Å². The van der Waals surface area contributed by atoms with Crippen molar-refractivity contribution in [3.05, 3.63) is 90.1 Å². The van der Waals surface area contributed by atoms with E-state index >= 15 is 0 Å². The minimum atomic E-state index is -2.11. The quantitative estimate of drug-likeness (QED) is 0.320. The molecule has 2 nitrogen and oxygen atoms in total. The number of aryl methyl sites for hydroxylation is 1. The number of pyridine rings is 1. The third-order valence-corrected chi connectivity index (χ3v) is 5.45. The number of furan rings is 1. The number of para-hydroxylation sites is 2. The molecule has 0 fully saturated rings. The lowest BCUT2D eigenvalue weighted by atomic mass is 9.99. The number of benzene rings is 3. The number of rotatable bonds is 3. The van der Waals surface area contributed by atoms with Crippen molar-refractivity contribution >= 4 is 21.9 Å². The fourth-order valence-electron chi connectivity index (χ4n) is 3.85. The zero-order chi connectivity index (χ0) is 22.5. The van der Waals surface area contributed by atoms with Crippen LogP contribution in [0.5, 0.6) is 0 Å². The van der Waals surface area contributed by atoms with Crippen LogP contribution in [-0.2, 0) is 0 Å². The molecule has 0 saturated carbocycles. The zero-order valence-electron chi connectivity index (χ0n) is 19.4. The van der Waals surface area contributed by atoms with Gasteiger partial charge in [-0.2, -0.15) is 0 Å². The molecule has 0 N–H and O–H groups in total. The number of hydrogen-bond acceptors (Lipinski definition) is 2. The molecule has 0 atom stereocenters. The molecule has 0 spiro atoms. The van der Waals surface area contributed by atoms with Crippen molar-refractivity contribution in [3.63, 3.8) is 0 Å². The van der Waals surface area contributed by atoms with Crippen molar-refractivity contribution in [2.24, 2.45) is 0 Å². The normalized spacial score (nSPS) is 13.6. The lowest BCUT2D eigenvalue weighted by Gasteiger charge is -2.07. The van der Waals surface area contributed by atoms with Crippen LogP contribution in [0.4, 0.5) is 0 Å². The Kier molecular flexibility index (Phi) is 3.47. The van der Waals surface area contributed by atoms with Crippen LogP contribution in [-0.4, -0.2) is 4.98 Å². The maximum atomic E-state index is 7.61. The first-order chi connectivity index (χ1) is 15.3. The molecule has 2 heteroatoms. The molecule has 0 amide bonds. The Morgan fingerprint density at radius 2 is 1.52 bits per heavy atom. The van der Waals surface area contributed by atoms with Crippen molar-refractivity contribution in [1.82, 2.24) is 4.98 Å². The molecule has 0 unspecified atom stereocenters. The maximum absolute atomic E-state index is 7.61. The van der Waals surface area contributed by atoms with E-state index in [9.17, 15) is 0 Å². The summed E-state index contributed by atoms with van der Waals surface area (Å²) in [6.07, 6.45) is 1.85. The largest absolute Gasteiger partial charge is 0.455 e. The highest BCUT2D eigenvalue weighted by atomic mass is 16.3. The lowest BCUT2D eigenvalue weighted by Crippen LogP contribution is -1.90. The third-order valence-electron chi connectivity index (χ3n) is 5.45. The summed E-state index contributed by atoms with van der Waals surface area (Å²) in [4.78, 5) is 4.61. The number of nitrogens with zero attached hydrogens (tertiary/aromatic N) is 1. The fourth-order valence-corrected chi connectivity index (χ4v) is 3.85. The summed E-state index contributed by atoms with van der Waals surface area (Å²) in [7, 11) is 0. The summed E-state index contributed by atoms with van der Waals surface area (Å²) in [5.74, 6) is 0.413. The van der Waals surface area contributed by atoms with Gasteiger partial charge in [0.2, 0.25) is 0 Å². The smallest absolute Gasteiger partial charge is 0.144 e. The van der Waals surface area contributed by atoms with Crippen molar-refractivity contribution in [2.45, 2.75) is 26.6 Å². The maximum Gasteiger partial charge on any atom is 0.144 e. The van der Waals surface area contributed by atoms with Crippen LogP contribution >= 0.6 is 0 Å². The molecule has 29 heavy (non-hydrogen) atoms. The van der Waals surface area contributed by atoms with E-state index in [1.165, 1.54) is 5.56 Å².